The van der Waals surface area contributed by atoms with Gasteiger partial charge in [-0.1, -0.05) is 0 Å². The summed E-state index contributed by atoms with van der Waals surface area (Å²) in [5, 5.41) is 3.03. The van der Waals surface area contributed by atoms with E-state index in [1.165, 1.54) is 0 Å². The minimum absolute atomic E-state index is 0.243. The van der Waals surface area contributed by atoms with E-state index in [0.717, 1.165) is 36.8 Å². The topological polar surface area (TPSA) is 31.4 Å². The number of halogens is 1. The predicted octanol–water partition coefficient (Wildman–Crippen LogP) is 2.53. The molecule has 0 atom stereocenters. The number of aromatic nitrogens is 1. The minimum Gasteiger partial charge on any atom is -0.381 e. The normalized spacial score (nSPS) is 20.4. The Morgan fingerprint density at radius 3 is 2.87 bits per heavy atom. The molecule has 0 aliphatic carbocycles. The van der Waals surface area contributed by atoms with Crippen LogP contribution < -0.4 is 0 Å². The van der Waals surface area contributed by atoms with E-state index in [-0.39, 0.29) is 5.60 Å². The van der Waals surface area contributed by atoms with E-state index in [1.54, 1.807) is 18.4 Å². The molecule has 1 aliphatic rings. The van der Waals surface area contributed by atoms with Gasteiger partial charge in [-0.3, -0.25) is 0 Å². The first kappa shape index (κ1) is 11.3. The molecule has 1 aromatic heterocycles. The molecule has 1 aliphatic heterocycles. The lowest BCUT2D eigenvalue weighted by molar-refractivity contribution is -0.0948. The summed E-state index contributed by atoms with van der Waals surface area (Å²) < 4.78 is 11.0. The molecule has 2 heterocycles. The molecule has 1 saturated heterocycles. The van der Waals surface area contributed by atoms with Crippen LogP contribution in [0, 0.1) is 0 Å². The molecule has 0 unspecified atom stereocenters. The van der Waals surface area contributed by atoms with Gasteiger partial charge >= 0.3 is 0 Å². The van der Waals surface area contributed by atoms with Crippen molar-refractivity contribution in [2.24, 2.45) is 0 Å². The first-order chi connectivity index (χ1) is 7.30. The number of alkyl halides is 1. The molecular formula is C10H14ClNO2S. The van der Waals surface area contributed by atoms with Crippen LogP contribution in [0.4, 0.5) is 0 Å². The first-order valence-electron chi connectivity index (χ1n) is 4.94. The Morgan fingerprint density at radius 1 is 1.60 bits per heavy atom. The highest BCUT2D eigenvalue weighted by Gasteiger charge is 2.37. The van der Waals surface area contributed by atoms with Crippen LogP contribution in [0.2, 0.25) is 0 Å². The second kappa shape index (κ2) is 4.78. The molecule has 1 fully saturated rings. The molecule has 0 bridgehead atoms. The Balaban J connectivity index is 2.24. The Morgan fingerprint density at radius 2 is 2.33 bits per heavy atom. The van der Waals surface area contributed by atoms with Gasteiger partial charge in [-0.05, 0) is 0 Å². The van der Waals surface area contributed by atoms with E-state index in [9.17, 15) is 0 Å². The predicted molar refractivity (Wildman–Crippen MR) is 60.4 cm³/mol. The maximum absolute atomic E-state index is 5.75. The van der Waals surface area contributed by atoms with Crippen LogP contribution in [0.15, 0.2) is 5.38 Å². The van der Waals surface area contributed by atoms with Crippen molar-refractivity contribution < 1.29 is 9.47 Å². The van der Waals surface area contributed by atoms with Crippen molar-refractivity contribution in [1.82, 2.24) is 4.98 Å². The Labute approximate surface area is 98.4 Å². The molecule has 0 aromatic carbocycles. The van der Waals surface area contributed by atoms with Crippen molar-refractivity contribution in [3.05, 3.63) is 16.1 Å². The lowest BCUT2D eigenvalue weighted by Gasteiger charge is -2.33. The van der Waals surface area contributed by atoms with Gasteiger partial charge in [-0.25, -0.2) is 4.98 Å². The molecule has 0 radical (unpaired) electrons. The van der Waals surface area contributed by atoms with Crippen LogP contribution >= 0.6 is 22.9 Å². The average Bonchev–Trinajstić information content (AvgIpc) is 2.79. The van der Waals surface area contributed by atoms with Crippen molar-refractivity contribution in [1.29, 1.82) is 0 Å². The standard InChI is InChI=1S/C10H14ClNO2S/c1-13-10(2-4-14-5-3-10)9-12-8(6-11)7-15-9/h7H,2-6H2,1H3. The highest BCUT2D eigenvalue weighted by molar-refractivity contribution is 7.09. The molecule has 2 rings (SSSR count). The monoisotopic (exact) mass is 247 g/mol. The second-order valence-electron chi connectivity index (χ2n) is 3.59. The second-order valence-corrected chi connectivity index (χ2v) is 4.71. The zero-order valence-electron chi connectivity index (χ0n) is 8.66. The molecular weight excluding hydrogens is 234 g/mol. The highest BCUT2D eigenvalue weighted by Crippen LogP contribution is 2.37. The minimum atomic E-state index is -0.243. The largest absolute Gasteiger partial charge is 0.381 e. The van der Waals surface area contributed by atoms with Gasteiger partial charge in [-0.2, -0.15) is 0 Å². The number of methoxy groups -OCH3 is 1. The van der Waals surface area contributed by atoms with Gasteiger partial charge in [0.05, 0.1) is 11.6 Å². The summed E-state index contributed by atoms with van der Waals surface area (Å²) in [6.45, 7) is 1.48. The van der Waals surface area contributed by atoms with Gasteiger partial charge < -0.3 is 9.47 Å². The Kier molecular flexibility index (Phi) is 3.61. The fourth-order valence-electron chi connectivity index (χ4n) is 1.78. The third-order valence-electron chi connectivity index (χ3n) is 2.77. The van der Waals surface area contributed by atoms with Crippen LogP contribution in [0.1, 0.15) is 23.5 Å². The summed E-state index contributed by atoms with van der Waals surface area (Å²) in [6.07, 6.45) is 1.75. The first-order valence-corrected chi connectivity index (χ1v) is 6.36. The van der Waals surface area contributed by atoms with Crippen molar-refractivity contribution in [2.45, 2.75) is 24.3 Å². The van der Waals surface area contributed by atoms with Crippen molar-refractivity contribution in [2.75, 3.05) is 20.3 Å². The van der Waals surface area contributed by atoms with E-state index in [4.69, 9.17) is 21.1 Å². The molecule has 0 amide bonds. The van der Waals surface area contributed by atoms with E-state index >= 15 is 0 Å². The zero-order valence-corrected chi connectivity index (χ0v) is 10.2. The quantitative estimate of drug-likeness (QED) is 0.770. The van der Waals surface area contributed by atoms with Crippen molar-refractivity contribution in [3.8, 4) is 0 Å². The fraction of sp³-hybridized carbons (Fsp3) is 0.700. The molecule has 5 heteroatoms. The summed E-state index contributed by atoms with van der Waals surface area (Å²) >= 11 is 7.37. The lowest BCUT2D eigenvalue weighted by atomic mass is 9.95. The summed E-state index contributed by atoms with van der Waals surface area (Å²) in [4.78, 5) is 4.50. The molecule has 0 spiro atoms. The molecule has 1 aromatic rings. The van der Waals surface area contributed by atoms with Crippen LogP contribution in [0.25, 0.3) is 0 Å². The molecule has 15 heavy (non-hydrogen) atoms. The van der Waals surface area contributed by atoms with Gasteiger partial charge in [0.2, 0.25) is 0 Å². The average molecular weight is 248 g/mol. The smallest absolute Gasteiger partial charge is 0.125 e. The number of rotatable bonds is 3. The van der Waals surface area contributed by atoms with E-state index < -0.39 is 0 Å². The zero-order chi connectivity index (χ0) is 10.7. The maximum atomic E-state index is 5.75. The lowest BCUT2D eigenvalue weighted by Crippen LogP contribution is -2.35. The van der Waals surface area contributed by atoms with Gasteiger partial charge in [0.15, 0.2) is 0 Å². The third-order valence-corrected chi connectivity index (χ3v) is 4.12. The summed E-state index contributed by atoms with van der Waals surface area (Å²) in [5.74, 6) is 0.465. The van der Waals surface area contributed by atoms with Crippen LogP contribution in [-0.4, -0.2) is 25.3 Å². The van der Waals surface area contributed by atoms with Gasteiger partial charge in [0.1, 0.15) is 10.6 Å². The van der Waals surface area contributed by atoms with Gasteiger partial charge in [-0.15, -0.1) is 22.9 Å². The SMILES string of the molecule is COC1(c2nc(CCl)cs2)CCOCC1. The van der Waals surface area contributed by atoms with Crippen LogP contribution in [0.5, 0.6) is 0 Å². The fourth-order valence-corrected chi connectivity index (χ4v) is 3.07. The maximum Gasteiger partial charge on any atom is 0.125 e. The summed E-state index contributed by atoms with van der Waals surface area (Å²) in [7, 11) is 1.74. The molecule has 84 valence electrons. The number of nitrogens with zero attached hydrogens (tertiary/aromatic N) is 1. The number of hydrogen-bond acceptors (Lipinski definition) is 4. The molecule has 0 saturated carbocycles. The number of thiazole rings is 1. The van der Waals surface area contributed by atoms with Gasteiger partial charge in [0.25, 0.3) is 0 Å². The number of hydrogen-bond donors (Lipinski definition) is 0. The third kappa shape index (κ3) is 2.18. The van der Waals surface area contributed by atoms with Crippen molar-refractivity contribution in [3.63, 3.8) is 0 Å². The van der Waals surface area contributed by atoms with Gasteiger partial charge in [0, 0.05) is 38.5 Å². The molecule has 3 nitrogen and oxygen atoms in total. The molecule has 0 N–H and O–H groups in total. The van der Waals surface area contributed by atoms with E-state index in [0.29, 0.717) is 5.88 Å². The van der Waals surface area contributed by atoms with E-state index in [2.05, 4.69) is 4.98 Å². The highest BCUT2D eigenvalue weighted by atomic mass is 35.5. The number of ether oxygens (including phenoxy) is 2. The van der Waals surface area contributed by atoms with Crippen LogP contribution in [-0.2, 0) is 21.0 Å². The summed E-state index contributed by atoms with van der Waals surface area (Å²) in [6, 6.07) is 0. The Hall–Kier alpha value is -0.160. The van der Waals surface area contributed by atoms with Crippen molar-refractivity contribution >= 4 is 22.9 Å². The Bertz CT molecular complexity index is 323. The van der Waals surface area contributed by atoms with E-state index in [1.807, 2.05) is 5.38 Å². The van der Waals surface area contributed by atoms with Crippen LogP contribution in [0.3, 0.4) is 0 Å². The summed E-state index contributed by atoms with van der Waals surface area (Å²) in [5.41, 5.74) is 0.687.